The lowest BCUT2D eigenvalue weighted by Gasteiger charge is -2.38. The van der Waals surface area contributed by atoms with Crippen LogP contribution in [0.5, 0.6) is 0 Å². The van der Waals surface area contributed by atoms with Crippen LogP contribution in [0.25, 0.3) is 0 Å². The highest BCUT2D eigenvalue weighted by molar-refractivity contribution is 9.10. The molecule has 1 aromatic rings. The number of benzene rings is 1. The first kappa shape index (κ1) is 17.4. The van der Waals surface area contributed by atoms with Gasteiger partial charge in [-0.1, -0.05) is 57.2 Å². The summed E-state index contributed by atoms with van der Waals surface area (Å²) in [5.74, 6) is -0.246. The van der Waals surface area contributed by atoms with Gasteiger partial charge in [-0.25, -0.2) is 0 Å². The van der Waals surface area contributed by atoms with Crippen LogP contribution in [0.2, 0.25) is 0 Å². The number of carbonyl (C=O) groups excluding carboxylic acids is 1. The van der Waals surface area contributed by atoms with E-state index in [4.69, 9.17) is 34.8 Å². The van der Waals surface area contributed by atoms with Crippen LogP contribution in [-0.2, 0) is 0 Å². The quantitative estimate of drug-likeness (QED) is 0.746. The maximum Gasteiger partial charge on any atom is 0.252 e. The number of amides is 1. The van der Waals surface area contributed by atoms with Gasteiger partial charge in [-0.15, -0.1) is 0 Å². The van der Waals surface area contributed by atoms with E-state index < -0.39 is 9.96 Å². The number of hydrogen-bond acceptors (Lipinski definition) is 2. The van der Waals surface area contributed by atoms with Gasteiger partial charge in [-0.3, -0.25) is 9.69 Å². The highest BCUT2D eigenvalue weighted by Gasteiger charge is 2.38. The van der Waals surface area contributed by atoms with Crippen molar-refractivity contribution in [3.05, 3.63) is 34.3 Å². The van der Waals surface area contributed by atoms with Crippen molar-refractivity contribution in [1.29, 1.82) is 0 Å². The predicted molar refractivity (Wildman–Crippen MR) is 91.1 cm³/mol. The molecule has 1 aromatic carbocycles. The summed E-state index contributed by atoms with van der Waals surface area (Å²) < 4.78 is -0.657. The number of nitrogens with zero attached hydrogens (tertiary/aromatic N) is 1. The molecule has 1 N–H and O–H groups in total. The number of hydrogen-bond donors (Lipinski definition) is 1. The maximum atomic E-state index is 12.3. The number of carbonyl (C=O) groups is 1. The third kappa shape index (κ3) is 5.00. The van der Waals surface area contributed by atoms with E-state index in [1.807, 2.05) is 4.90 Å². The maximum absolute atomic E-state index is 12.3. The summed E-state index contributed by atoms with van der Waals surface area (Å²) in [7, 11) is 0. The minimum atomic E-state index is -1.57. The Morgan fingerprint density at radius 1 is 1.14 bits per heavy atom. The van der Waals surface area contributed by atoms with Crippen LogP contribution < -0.4 is 5.32 Å². The summed E-state index contributed by atoms with van der Waals surface area (Å²) in [6.07, 6.45) is 2.64. The first-order chi connectivity index (χ1) is 9.88. The number of rotatable bonds is 3. The molecule has 21 heavy (non-hydrogen) atoms. The molecule has 0 spiro atoms. The fourth-order valence-electron chi connectivity index (χ4n) is 2.37. The van der Waals surface area contributed by atoms with Gasteiger partial charge in [0.05, 0.1) is 0 Å². The van der Waals surface area contributed by atoms with Gasteiger partial charge in [0, 0.05) is 23.1 Å². The van der Waals surface area contributed by atoms with Crippen molar-refractivity contribution in [2.75, 3.05) is 13.1 Å². The van der Waals surface area contributed by atoms with Crippen molar-refractivity contribution < 1.29 is 4.79 Å². The zero-order valence-corrected chi connectivity index (χ0v) is 15.1. The first-order valence-corrected chi connectivity index (χ1v) is 8.68. The van der Waals surface area contributed by atoms with Crippen LogP contribution in [0.4, 0.5) is 0 Å². The number of piperidine rings is 1. The van der Waals surface area contributed by atoms with E-state index >= 15 is 0 Å². The molecule has 1 atom stereocenters. The van der Waals surface area contributed by atoms with Crippen LogP contribution in [-0.4, -0.2) is 33.9 Å². The second-order valence-corrected chi connectivity index (χ2v) is 8.31. The van der Waals surface area contributed by atoms with Gasteiger partial charge in [0.1, 0.15) is 6.17 Å². The largest absolute Gasteiger partial charge is 0.332 e. The van der Waals surface area contributed by atoms with E-state index in [0.29, 0.717) is 5.56 Å². The van der Waals surface area contributed by atoms with Crippen LogP contribution >= 0.6 is 50.7 Å². The Kier molecular flexibility index (Phi) is 6.21. The van der Waals surface area contributed by atoms with Crippen molar-refractivity contribution >= 4 is 56.6 Å². The fourth-order valence-corrected chi connectivity index (χ4v) is 3.21. The minimum absolute atomic E-state index is 0.246. The van der Waals surface area contributed by atoms with E-state index in [1.54, 1.807) is 24.3 Å². The van der Waals surface area contributed by atoms with Crippen molar-refractivity contribution in [2.45, 2.75) is 29.2 Å². The lowest BCUT2D eigenvalue weighted by Crippen LogP contribution is -2.56. The summed E-state index contributed by atoms with van der Waals surface area (Å²) in [4.78, 5) is 14.3. The molecule has 0 aromatic heterocycles. The third-order valence-corrected chi connectivity index (χ3v) is 4.59. The smallest absolute Gasteiger partial charge is 0.252 e. The number of nitrogens with one attached hydrogen (secondary N) is 1. The zero-order chi connectivity index (χ0) is 15.5. The molecular formula is C14H16BrCl3N2O. The summed E-state index contributed by atoms with van der Waals surface area (Å²) in [5.41, 5.74) is 0.537. The molecule has 0 bridgehead atoms. The Hall–Kier alpha value is -0.000000000000000167. The van der Waals surface area contributed by atoms with Crippen LogP contribution in [0.1, 0.15) is 29.6 Å². The van der Waals surface area contributed by atoms with Crippen LogP contribution in [0.3, 0.4) is 0 Å². The highest BCUT2D eigenvalue weighted by Crippen LogP contribution is 2.33. The number of alkyl halides is 3. The Morgan fingerprint density at radius 2 is 1.71 bits per heavy atom. The van der Waals surface area contributed by atoms with E-state index in [2.05, 4.69) is 21.2 Å². The molecule has 7 heteroatoms. The second-order valence-electron chi connectivity index (χ2n) is 5.02. The normalized spacial score (nSPS) is 18.3. The SMILES string of the molecule is O=C(NC(N1CCCCC1)C(Cl)(Cl)Cl)c1ccc(Br)cc1. The van der Waals surface area contributed by atoms with E-state index in [0.717, 1.165) is 30.4 Å². The predicted octanol–water partition coefficient (Wildman–Crippen LogP) is 4.36. The number of halogens is 4. The van der Waals surface area contributed by atoms with E-state index in [-0.39, 0.29) is 5.91 Å². The van der Waals surface area contributed by atoms with Crippen LogP contribution in [0.15, 0.2) is 28.7 Å². The Bertz CT molecular complexity index is 484. The molecule has 0 aliphatic carbocycles. The Morgan fingerprint density at radius 3 is 2.24 bits per heavy atom. The highest BCUT2D eigenvalue weighted by atomic mass is 79.9. The summed E-state index contributed by atoms with van der Waals surface area (Å²) in [6.45, 7) is 1.64. The first-order valence-electron chi connectivity index (χ1n) is 6.75. The Balaban J connectivity index is 2.10. The Labute approximate surface area is 148 Å². The lowest BCUT2D eigenvalue weighted by molar-refractivity contribution is 0.0819. The third-order valence-electron chi connectivity index (χ3n) is 3.44. The zero-order valence-electron chi connectivity index (χ0n) is 11.3. The second kappa shape index (κ2) is 7.51. The monoisotopic (exact) mass is 412 g/mol. The van der Waals surface area contributed by atoms with E-state index in [9.17, 15) is 4.79 Å². The van der Waals surface area contributed by atoms with Gasteiger partial charge in [-0.05, 0) is 37.1 Å². The van der Waals surface area contributed by atoms with Gasteiger partial charge in [-0.2, -0.15) is 0 Å². The summed E-state index contributed by atoms with van der Waals surface area (Å²) >= 11 is 21.5. The van der Waals surface area contributed by atoms with Gasteiger partial charge in [0.25, 0.3) is 5.91 Å². The molecule has 1 amide bonds. The lowest BCUT2D eigenvalue weighted by atomic mass is 10.1. The fraction of sp³-hybridized carbons (Fsp3) is 0.500. The summed E-state index contributed by atoms with van der Waals surface area (Å²) in [6, 6.07) is 7.07. The molecule has 0 radical (unpaired) electrons. The van der Waals surface area contributed by atoms with Crippen molar-refractivity contribution in [2.24, 2.45) is 0 Å². The van der Waals surface area contributed by atoms with E-state index in [1.165, 1.54) is 6.42 Å². The van der Waals surface area contributed by atoms with Crippen molar-refractivity contribution in [3.63, 3.8) is 0 Å². The molecule has 116 valence electrons. The van der Waals surface area contributed by atoms with Crippen molar-refractivity contribution in [3.8, 4) is 0 Å². The molecule has 1 saturated heterocycles. The minimum Gasteiger partial charge on any atom is -0.332 e. The van der Waals surface area contributed by atoms with Crippen molar-refractivity contribution in [1.82, 2.24) is 10.2 Å². The molecule has 2 rings (SSSR count). The molecular weight excluding hydrogens is 398 g/mol. The molecule has 1 heterocycles. The average molecular weight is 415 g/mol. The molecule has 1 unspecified atom stereocenters. The summed E-state index contributed by atoms with van der Waals surface area (Å²) in [5, 5.41) is 2.84. The van der Waals surface area contributed by atoms with Crippen LogP contribution in [0, 0.1) is 0 Å². The van der Waals surface area contributed by atoms with Gasteiger partial charge in [0.15, 0.2) is 0 Å². The molecule has 1 aliphatic rings. The van der Waals surface area contributed by atoms with Gasteiger partial charge < -0.3 is 5.32 Å². The van der Waals surface area contributed by atoms with Gasteiger partial charge >= 0.3 is 0 Å². The molecule has 3 nitrogen and oxygen atoms in total. The average Bonchev–Trinajstić information content (AvgIpc) is 2.45. The standard InChI is InChI=1S/C14H16BrCl3N2O/c15-11-6-4-10(5-7-11)12(21)19-13(14(16,17)18)20-8-2-1-3-9-20/h4-7,13H,1-3,8-9H2,(H,19,21). The van der Waals surface area contributed by atoms with Gasteiger partial charge in [0.2, 0.25) is 3.79 Å². The molecule has 0 saturated carbocycles. The number of likely N-dealkylation sites (tertiary alicyclic amines) is 1. The topological polar surface area (TPSA) is 32.3 Å². The molecule has 1 aliphatic heterocycles. The molecule has 1 fully saturated rings.